The van der Waals surface area contributed by atoms with Crippen molar-refractivity contribution in [2.75, 3.05) is 0 Å². The molecule has 1 N–H and O–H groups in total. The largest absolute Gasteiger partial charge is 0.384 e. The van der Waals surface area contributed by atoms with Crippen molar-refractivity contribution in [1.29, 1.82) is 5.26 Å². The normalized spacial score (nSPS) is 31.8. The first-order valence-electron chi connectivity index (χ1n) is 6.21. The van der Waals surface area contributed by atoms with Gasteiger partial charge in [0, 0.05) is 0 Å². The predicted octanol–water partition coefficient (Wildman–Crippen LogP) is 3.22. The molecule has 3 unspecified atom stereocenters. The van der Waals surface area contributed by atoms with Gasteiger partial charge in [-0.1, -0.05) is 37.3 Å². The molecule has 0 aliphatic heterocycles. The molecular weight excluding hydrogens is 210 g/mol. The molecule has 2 rings (SSSR count). The molecule has 1 aliphatic rings. The molecule has 17 heavy (non-hydrogen) atoms. The van der Waals surface area contributed by atoms with Crippen LogP contribution in [0.5, 0.6) is 0 Å². The molecule has 1 fully saturated rings. The van der Waals surface area contributed by atoms with E-state index in [9.17, 15) is 10.4 Å². The molecular formula is C15H19NO. The number of rotatable bonds is 2. The lowest BCUT2D eigenvalue weighted by molar-refractivity contribution is -0.0438. The third kappa shape index (κ3) is 1.85. The molecule has 2 heteroatoms. The summed E-state index contributed by atoms with van der Waals surface area (Å²) in [5, 5.41) is 20.4. The molecule has 1 aliphatic carbocycles. The second-order valence-electron chi connectivity index (χ2n) is 5.48. The molecule has 0 heterocycles. The standard InChI is InChI=1S/C15H19NO/c1-12-8-9-15(10-12,11-16)14(2,17)13-6-4-3-5-7-13/h3-7,12,17H,8-10H2,1-2H3. The van der Waals surface area contributed by atoms with Crippen molar-refractivity contribution in [1.82, 2.24) is 0 Å². The van der Waals surface area contributed by atoms with Crippen LogP contribution in [-0.2, 0) is 5.60 Å². The molecule has 2 nitrogen and oxygen atoms in total. The minimum Gasteiger partial charge on any atom is -0.384 e. The van der Waals surface area contributed by atoms with Crippen LogP contribution < -0.4 is 0 Å². The maximum absolute atomic E-state index is 10.8. The second-order valence-corrected chi connectivity index (χ2v) is 5.48. The van der Waals surface area contributed by atoms with Crippen molar-refractivity contribution >= 4 is 0 Å². The van der Waals surface area contributed by atoms with E-state index in [-0.39, 0.29) is 0 Å². The average Bonchev–Trinajstić information content (AvgIpc) is 2.74. The van der Waals surface area contributed by atoms with E-state index in [0.717, 1.165) is 24.8 Å². The van der Waals surface area contributed by atoms with Crippen molar-refractivity contribution < 1.29 is 5.11 Å². The minimum absolute atomic E-state index is 0.518. The molecule has 0 saturated heterocycles. The van der Waals surface area contributed by atoms with Gasteiger partial charge in [-0.25, -0.2) is 0 Å². The van der Waals surface area contributed by atoms with Crippen LogP contribution in [0.15, 0.2) is 30.3 Å². The van der Waals surface area contributed by atoms with Gasteiger partial charge in [0.25, 0.3) is 0 Å². The van der Waals surface area contributed by atoms with Crippen molar-refractivity contribution in [2.45, 2.75) is 38.7 Å². The lowest BCUT2D eigenvalue weighted by atomic mass is 9.68. The lowest BCUT2D eigenvalue weighted by Gasteiger charge is -2.38. The van der Waals surface area contributed by atoms with Gasteiger partial charge < -0.3 is 5.11 Å². The van der Waals surface area contributed by atoms with Gasteiger partial charge in [0.15, 0.2) is 0 Å². The van der Waals surface area contributed by atoms with Crippen LogP contribution in [0.25, 0.3) is 0 Å². The summed E-state index contributed by atoms with van der Waals surface area (Å²) in [7, 11) is 0. The van der Waals surface area contributed by atoms with Crippen molar-refractivity contribution in [3.63, 3.8) is 0 Å². The number of aliphatic hydroxyl groups is 1. The molecule has 0 aromatic heterocycles. The van der Waals surface area contributed by atoms with Crippen LogP contribution in [0.4, 0.5) is 0 Å². The first kappa shape index (κ1) is 12.1. The number of nitriles is 1. The summed E-state index contributed by atoms with van der Waals surface area (Å²) in [5.74, 6) is 0.518. The fourth-order valence-electron chi connectivity index (χ4n) is 2.98. The maximum atomic E-state index is 10.8. The highest BCUT2D eigenvalue weighted by atomic mass is 16.3. The van der Waals surface area contributed by atoms with Crippen LogP contribution in [-0.4, -0.2) is 5.11 Å². The van der Waals surface area contributed by atoms with Crippen molar-refractivity contribution in [3.8, 4) is 6.07 Å². The number of benzene rings is 1. The Bertz CT molecular complexity index is 432. The summed E-state index contributed by atoms with van der Waals surface area (Å²) in [5.41, 5.74) is -0.850. The van der Waals surface area contributed by atoms with E-state index in [4.69, 9.17) is 0 Å². The molecule has 1 saturated carbocycles. The van der Waals surface area contributed by atoms with E-state index < -0.39 is 11.0 Å². The van der Waals surface area contributed by atoms with E-state index in [1.54, 1.807) is 6.92 Å². The Balaban J connectivity index is 2.41. The summed E-state index contributed by atoms with van der Waals surface area (Å²) in [6.45, 7) is 3.93. The highest BCUT2D eigenvalue weighted by Crippen LogP contribution is 2.52. The van der Waals surface area contributed by atoms with Gasteiger partial charge in [-0.15, -0.1) is 0 Å². The van der Waals surface area contributed by atoms with Gasteiger partial charge in [-0.2, -0.15) is 5.26 Å². The van der Waals surface area contributed by atoms with Crippen molar-refractivity contribution in [2.24, 2.45) is 11.3 Å². The first-order chi connectivity index (χ1) is 8.02. The molecule has 0 radical (unpaired) electrons. The Labute approximate surface area is 103 Å². The first-order valence-corrected chi connectivity index (χ1v) is 6.21. The van der Waals surface area contributed by atoms with Gasteiger partial charge in [-0.3, -0.25) is 0 Å². The van der Waals surface area contributed by atoms with Crippen LogP contribution in [0.2, 0.25) is 0 Å². The lowest BCUT2D eigenvalue weighted by Crippen LogP contribution is -2.41. The van der Waals surface area contributed by atoms with E-state index in [0.29, 0.717) is 5.92 Å². The summed E-state index contributed by atoms with van der Waals surface area (Å²) in [4.78, 5) is 0. The Morgan fingerprint density at radius 2 is 2.06 bits per heavy atom. The van der Waals surface area contributed by atoms with E-state index >= 15 is 0 Å². The van der Waals surface area contributed by atoms with Crippen LogP contribution >= 0.6 is 0 Å². The van der Waals surface area contributed by atoms with Gasteiger partial charge in [0.1, 0.15) is 5.60 Å². The van der Waals surface area contributed by atoms with Crippen LogP contribution in [0.3, 0.4) is 0 Å². The average molecular weight is 229 g/mol. The molecule has 0 spiro atoms. The molecule has 0 bridgehead atoms. The fourth-order valence-corrected chi connectivity index (χ4v) is 2.98. The topological polar surface area (TPSA) is 44.0 Å². The van der Waals surface area contributed by atoms with Gasteiger partial charge in [0.05, 0.1) is 11.5 Å². The number of nitrogens with zero attached hydrogens (tertiary/aromatic N) is 1. The number of hydrogen-bond donors (Lipinski definition) is 1. The molecule has 90 valence electrons. The third-order valence-corrected chi connectivity index (χ3v) is 4.24. The quantitative estimate of drug-likeness (QED) is 0.846. The SMILES string of the molecule is CC1CCC(C#N)(C(C)(O)c2ccccc2)C1. The number of hydrogen-bond acceptors (Lipinski definition) is 2. The fraction of sp³-hybridized carbons (Fsp3) is 0.533. The van der Waals surface area contributed by atoms with E-state index in [2.05, 4.69) is 13.0 Å². The summed E-state index contributed by atoms with van der Waals surface area (Å²) < 4.78 is 0. The van der Waals surface area contributed by atoms with Crippen LogP contribution in [0, 0.1) is 22.7 Å². The summed E-state index contributed by atoms with van der Waals surface area (Å²) in [6, 6.07) is 12.0. The minimum atomic E-state index is -1.06. The Hall–Kier alpha value is -1.33. The Morgan fingerprint density at radius 1 is 1.41 bits per heavy atom. The molecule has 1 aromatic carbocycles. The highest BCUT2D eigenvalue weighted by Gasteiger charge is 2.52. The Kier molecular flexibility index (Phi) is 2.97. The van der Waals surface area contributed by atoms with E-state index in [1.807, 2.05) is 30.3 Å². The molecule has 3 atom stereocenters. The van der Waals surface area contributed by atoms with Gasteiger partial charge >= 0.3 is 0 Å². The zero-order valence-corrected chi connectivity index (χ0v) is 10.5. The third-order valence-electron chi connectivity index (χ3n) is 4.24. The molecule has 0 amide bonds. The van der Waals surface area contributed by atoms with Gasteiger partial charge in [0.2, 0.25) is 0 Å². The van der Waals surface area contributed by atoms with E-state index in [1.165, 1.54) is 0 Å². The molecule has 1 aromatic rings. The zero-order valence-electron chi connectivity index (χ0n) is 10.5. The predicted molar refractivity (Wildman–Crippen MR) is 67.1 cm³/mol. The maximum Gasteiger partial charge on any atom is 0.105 e. The summed E-state index contributed by atoms with van der Waals surface area (Å²) in [6.07, 6.45) is 2.59. The zero-order chi connectivity index (χ0) is 12.5. The smallest absolute Gasteiger partial charge is 0.105 e. The monoisotopic (exact) mass is 229 g/mol. The van der Waals surface area contributed by atoms with Crippen LogP contribution in [0.1, 0.15) is 38.7 Å². The highest BCUT2D eigenvalue weighted by molar-refractivity contribution is 5.29. The second kappa shape index (κ2) is 4.16. The van der Waals surface area contributed by atoms with Crippen molar-refractivity contribution in [3.05, 3.63) is 35.9 Å². The summed E-state index contributed by atoms with van der Waals surface area (Å²) >= 11 is 0. The van der Waals surface area contributed by atoms with Gasteiger partial charge in [-0.05, 0) is 37.7 Å². The Morgan fingerprint density at radius 3 is 2.53 bits per heavy atom.